The summed E-state index contributed by atoms with van der Waals surface area (Å²) >= 11 is 0. The average molecular weight is 551 g/mol. The summed E-state index contributed by atoms with van der Waals surface area (Å²) in [6, 6.07) is 4.41. The third kappa shape index (κ3) is 13.0. The number of aliphatic imine (C=N–C) groups is 1. The van der Waals surface area contributed by atoms with Crippen molar-refractivity contribution >= 4 is 41.9 Å². The number of rotatable bonds is 9. The van der Waals surface area contributed by atoms with Crippen LogP contribution in [-0.2, 0) is 4.74 Å². The SMILES string of the molecule is CCNC(=NCCCNC(=O)OC(C)(C)C)NCCNC(=O)c1ccc(C)c(F)c1.I. The fraction of sp³-hybridized carbons (Fsp3) is 0.571. The summed E-state index contributed by atoms with van der Waals surface area (Å²) < 4.78 is 18.7. The van der Waals surface area contributed by atoms with Gasteiger partial charge in [0.05, 0.1) is 0 Å². The van der Waals surface area contributed by atoms with Crippen LogP contribution in [0.5, 0.6) is 0 Å². The molecule has 0 saturated carbocycles. The van der Waals surface area contributed by atoms with Crippen LogP contribution in [0.4, 0.5) is 9.18 Å². The molecule has 0 radical (unpaired) electrons. The number of nitrogens with one attached hydrogen (secondary N) is 4. The average Bonchev–Trinajstić information content (AvgIpc) is 2.65. The number of benzene rings is 1. The summed E-state index contributed by atoms with van der Waals surface area (Å²) in [5.41, 5.74) is 0.269. The van der Waals surface area contributed by atoms with E-state index in [1.165, 1.54) is 6.07 Å². The van der Waals surface area contributed by atoms with Gasteiger partial charge in [0.2, 0.25) is 0 Å². The molecule has 1 rings (SSSR count). The van der Waals surface area contributed by atoms with E-state index >= 15 is 0 Å². The molecule has 0 spiro atoms. The third-order valence-corrected chi connectivity index (χ3v) is 3.75. The molecule has 10 heteroatoms. The van der Waals surface area contributed by atoms with Crippen LogP contribution in [0.1, 0.15) is 50.0 Å². The van der Waals surface area contributed by atoms with Crippen molar-refractivity contribution in [1.82, 2.24) is 21.3 Å². The van der Waals surface area contributed by atoms with E-state index in [9.17, 15) is 14.0 Å². The summed E-state index contributed by atoms with van der Waals surface area (Å²) in [5, 5.41) is 11.7. The van der Waals surface area contributed by atoms with Crippen molar-refractivity contribution in [1.29, 1.82) is 0 Å². The van der Waals surface area contributed by atoms with Crippen LogP contribution in [-0.4, -0.2) is 56.3 Å². The Morgan fingerprint density at radius 2 is 1.74 bits per heavy atom. The molecule has 0 aliphatic rings. The molecule has 1 aromatic rings. The minimum Gasteiger partial charge on any atom is -0.444 e. The monoisotopic (exact) mass is 551 g/mol. The Morgan fingerprint density at radius 3 is 2.35 bits per heavy atom. The predicted molar refractivity (Wildman–Crippen MR) is 132 cm³/mol. The van der Waals surface area contributed by atoms with Crippen LogP contribution in [0.15, 0.2) is 23.2 Å². The zero-order chi connectivity index (χ0) is 22.6. The van der Waals surface area contributed by atoms with Gasteiger partial charge in [-0.15, -0.1) is 24.0 Å². The van der Waals surface area contributed by atoms with Gasteiger partial charge in [0, 0.05) is 38.3 Å². The van der Waals surface area contributed by atoms with Gasteiger partial charge in [0.25, 0.3) is 5.91 Å². The summed E-state index contributed by atoms with van der Waals surface area (Å²) in [6.45, 7) is 11.5. The van der Waals surface area contributed by atoms with E-state index < -0.39 is 17.5 Å². The molecule has 0 atom stereocenters. The molecule has 176 valence electrons. The maximum Gasteiger partial charge on any atom is 0.407 e. The number of ether oxygens (including phenoxy) is 1. The molecule has 0 unspecified atom stereocenters. The molecule has 31 heavy (non-hydrogen) atoms. The van der Waals surface area contributed by atoms with Crippen LogP contribution in [0.25, 0.3) is 0 Å². The molecule has 0 fully saturated rings. The lowest BCUT2D eigenvalue weighted by molar-refractivity contribution is 0.0527. The highest BCUT2D eigenvalue weighted by Crippen LogP contribution is 2.09. The number of nitrogens with zero attached hydrogens (tertiary/aromatic N) is 1. The van der Waals surface area contributed by atoms with E-state index in [1.807, 2.05) is 27.7 Å². The third-order valence-electron chi connectivity index (χ3n) is 3.75. The van der Waals surface area contributed by atoms with Crippen LogP contribution in [0, 0.1) is 12.7 Å². The second kappa shape index (κ2) is 14.8. The highest BCUT2D eigenvalue weighted by Gasteiger charge is 2.15. The number of amides is 2. The molecule has 0 bridgehead atoms. The van der Waals surface area contributed by atoms with Crippen molar-refractivity contribution in [2.24, 2.45) is 4.99 Å². The zero-order valence-electron chi connectivity index (χ0n) is 18.9. The summed E-state index contributed by atoms with van der Waals surface area (Å²) in [7, 11) is 0. The largest absolute Gasteiger partial charge is 0.444 e. The minimum atomic E-state index is -0.520. The van der Waals surface area contributed by atoms with Crippen LogP contribution in [0.3, 0.4) is 0 Å². The maximum atomic E-state index is 13.6. The van der Waals surface area contributed by atoms with E-state index in [4.69, 9.17) is 4.74 Å². The van der Waals surface area contributed by atoms with Gasteiger partial charge in [-0.1, -0.05) is 6.07 Å². The second-order valence-corrected chi connectivity index (χ2v) is 7.69. The number of carbonyl (C=O) groups excluding carboxylic acids is 2. The van der Waals surface area contributed by atoms with Crippen LogP contribution >= 0.6 is 24.0 Å². The van der Waals surface area contributed by atoms with E-state index in [0.29, 0.717) is 50.7 Å². The van der Waals surface area contributed by atoms with Gasteiger partial charge in [-0.2, -0.15) is 0 Å². The molecule has 1 aromatic carbocycles. The molecule has 0 aromatic heterocycles. The van der Waals surface area contributed by atoms with Crippen LogP contribution < -0.4 is 21.3 Å². The number of guanidine groups is 1. The molecule has 0 aliphatic carbocycles. The smallest absolute Gasteiger partial charge is 0.407 e. The van der Waals surface area contributed by atoms with E-state index in [-0.39, 0.29) is 35.4 Å². The first kappa shape index (κ1) is 28.9. The highest BCUT2D eigenvalue weighted by molar-refractivity contribution is 14.0. The topological polar surface area (TPSA) is 104 Å². The summed E-state index contributed by atoms with van der Waals surface area (Å²) in [4.78, 5) is 28.1. The van der Waals surface area contributed by atoms with Gasteiger partial charge in [0.15, 0.2) is 5.96 Å². The lowest BCUT2D eigenvalue weighted by Crippen LogP contribution is -2.41. The number of halogens is 2. The molecule has 0 aliphatic heterocycles. The van der Waals surface area contributed by atoms with Gasteiger partial charge < -0.3 is 26.0 Å². The van der Waals surface area contributed by atoms with E-state index in [2.05, 4.69) is 26.3 Å². The predicted octanol–water partition coefficient (Wildman–Crippen LogP) is 2.95. The Kier molecular flexibility index (Phi) is 13.8. The molecule has 4 N–H and O–H groups in total. The minimum absolute atomic E-state index is 0. The van der Waals surface area contributed by atoms with Crippen molar-refractivity contribution in [2.45, 2.75) is 46.6 Å². The Morgan fingerprint density at radius 1 is 1.06 bits per heavy atom. The Labute approximate surface area is 201 Å². The van der Waals surface area contributed by atoms with Gasteiger partial charge in [0.1, 0.15) is 11.4 Å². The van der Waals surface area contributed by atoms with Gasteiger partial charge >= 0.3 is 6.09 Å². The standard InChI is InChI=1S/C21H34FN5O3.HI/c1-6-23-19(25-10-7-11-27-20(29)30-21(3,4)5)26-13-12-24-18(28)16-9-8-15(2)17(22)14-16;/h8-9,14H,6-7,10-13H2,1-5H3,(H,24,28)(H,27,29)(H2,23,25,26);1H. The number of carbonyl (C=O) groups is 2. The number of hydrogen-bond acceptors (Lipinski definition) is 4. The lowest BCUT2D eigenvalue weighted by atomic mass is 10.1. The quantitative estimate of drug-likeness (QED) is 0.164. The van der Waals surface area contributed by atoms with Crippen molar-refractivity contribution in [3.63, 3.8) is 0 Å². The van der Waals surface area contributed by atoms with Crippen molar-refractivity contribution in [3.8, 4) is 0 Å². The fourth-order valence-electron chi connectivity index (χ4n) is 2.31. The Balaban J connectivity index is 0.00000900. The van der Waals surface area contributed by atoms with Crippen molar-refractivity contribution < 1.29 is 18.7 Å². The van der Waals surface area contributed by atoms with Crippen molar-refractivity contribution in [2.75, 3.05) is 32.7 Å². The highest BCUT2D eigenvalue weighted by atomic mass is 127. The first-order valence-electron chi connectivity index (χ1n) is 10.2. The summed E-state index contributed by atoms with van der Waals surface area (Å²) in [5.74, 6) is -0.111. The Bertz CT molecular complexity index is 738. The van der Waals surface area contributed by atoms with Crippen LogP contribution in [0.2, 0.25) is 0 Å². The normalized spacial score (nSPS) is 11.2. The first-order chi connectivity index (χ1) is 14.1. The molecular weight excluding hydrogens is 516 g/mol. The van der Waals surface area contributed by atoms with E-state index in [0.717, 1.165) is 0 Å². The number of alkyl carbamates (subject to hydrolysis) is 1. The second-order valence-electron chi connectivity index (χ2n) is 7.69. The fourth-order valence-corrected chi connectivity index (χ4v) is 2.31. The maximum absolute atomic E-state index is 13.6. The molecular formula is C21H35FIN5O3. The Hall–Kier alpha value is -2.11. The molecule has 2 amide bonds. The van der Waals surface area contributed by atoms with E-state index in [1.54, 1.807) is 19.1 Å². The van der Waals surface area contributed by atoms with Gasteiger partial charge in [-0.3, -0.25) is 9.79 Å². The molecule has 0 heterocycles. The summed E-state index contributed by atoms with van der Waals surface area (Å²) in [6.07, 6.45) is 0.214. The van der Waals surface area contributed by atoms with Gasteiger partial charge in [-0.25, -0.2) is 9.18 Å². The lowest BCUT2D eigenvalue weighted by Gasteiger charge is -2.19. The number of aryl methyl sites for hydroxylation is 1. The van der Waals surface area contributed by atoms with Crippen molar-refractivity contribution in [3.05, 3.63) is 35.1 Å². The van der Waals surface area contributed by atoms with Gasteiger partial charge in [-0.05, 0) is 58.7 Å². The molecule has 0 saturated heterocycles. The first-order valence-corrected chi connectivity index (χ1v) is 10.2. The molecule has 8 nitrogen and oxygen atoms in total. The zero-order valence-corrected chi connectivity index (χ0v) is 21.3. The number of hydrogen-bond donors (Lipinski definition) is 4.